The van der Waals surface area contributed by atoms with Crippen LogP contribution in [0.4, 0.5) is 5.69 Å². The first kappa shape index (κ1) is 15.7. The second-order valence-electron chi connectivity index (χ2n) is 5.39. The second-order valence-corrected chi connectivity index (χ2v) is 6.21. The molecule has 1 aromatic carbocycles. The van der Waals surface area contributed by atoms with Crippen LogP contribution >= 0.6 is 23.2 Å². The van der Waals surface area contributed by atoms with Crippen molar-refractivity contribution in [3.8, 4) is 16.9 Å². The van der Waals surface area contributed by atoms with Crippen molar-refractivity contribution in [3.63, 3.8) is 0 Å². The second kappa shape index (κ2) is 5.95. The molecule has 0 saturated carbocycles. The summed E-state index contributed by atoms with van der Waals surface area (Å²) in [6, 6.07) is 9.72. The summed E-state index contributed by atoms with van der Waals surface area (Å²) in [4.78, 5) is 16.8. The summed E-state index contributed by atoms with van der Waals surface area (Å²) < 4.78 is 5.55. The lowest BCUT2D eigenvalue weighted by Gasteiger charge is -2.09. The first-order chi connectivity index (χ1) is 12.0. The van der Waals surface area contributed by atoms with Crippen LogP contribution in [0.3, 0.4) is 0 Å². The number of phenols is 1. The number of halogens is 2. The van der Waals surface area contributed by atoms with Gasteiger partial charge in [-0.2, -0.15) is 0 Å². The maximum atomic E-state index is 12.8. The molecule has 3 aromatic heterocycles. The Kier molecular flexibility index (Phi) is 3.75. The molecule has 0 aliphatic heterocycles. The molecule has 0 radical (unpaired) electrons. The van der Waals surface area contributed by atoms with Crippen molar-refractivity contribution in [3.05, 3.63) is 64.4 Å². The number of nitrogens with one attached hydrogen (secondary N) is 1. The number of furan rings is 2. The van der Waals surface area contributed by atoms with Crippen molar-refractivity contribution >= 4 is 46.0 Å². The van der Waals surface area contributed by atoms with Gasteiger partial charge in [-0.3, -0.25) is 9.78 Å². The molecule has 4 aromatic rings. The number of rotatable bonds is 3. The quantitative estimate of drug-likeness (QED) is 0.518. The lowest BCUT2D eigenvalue weighted by Crippen LogP contribution is -2.12. The lowest BCUT2D eigenvalue weighted by molar-refractivity contribution is 0.102. The van der Waals surface area contributed by atoms with E-state index in [9.17, 15) is 9.90 Å². The molecular formula is C18H10Cl2N2O3. The number of carbonyl (C=O) groups excluding carboxylic acids is 1. The van der Waals surface area contributed by atoms with Gasteiger partial charge >= 0.3 is 0 Å². The van der Waals surface area contributed by atoms with Crippen molar-refractivity contribution in [2.75, 3.05) is 5.32 Å². The molecule has 0 aliphatic rings. The third kappa shape index (κ3) is 2.67. The normalized spacial score (nSPS) is 11.1. The van der Waals surface area contributed by atoms with Crippen LogP contribution in [0.15, 0.2) is 53.2 Å². The van der Waals surface area contributed by atoms with Crippen molar-refractivity contribution in [1.82, 2.24) is 4.98 Å². The number of aromatic hydroxyl groups is 1. The summed E-state index contributed by atoms with van der Waals surface area (Å²) in [5, 5.41) is 13.5. The van der Waals surface area contributed by atoms with E-state index in [1.54, 1.807) is 42.7 Å². The van der Waals surface area contributed by atoms with E-state index in [4.69, 9.17) is 27.6 Å². The number of benzene rings is 2. The largest absolute Gasteiger partial charge is 0.504 e. The number of aromatic nitrogens is 1. The molecule has 3 heterocycles. The Hall–Kier alpha value is -2.76. The van der Waals surface area contributed by atoms with E-state index in [-0.39, 0.29) is 17.2 Å². The van der Waals surface area contributed by atoms with Gasteiger partial charge in [-0.25, -0.2) is 0 Å². The molecule has 1 amide bonds. The number of hydrogen-bond acceptors (Lipinski definition) is 4. The number of fused-ring (bicyclic) bond motifs is 2. The van der Waals surface area contributed by atoms with Crippen LogP contribution < -0.4 is 5.32 Å². The number of anilines is 1. The Morgan fingerprint density at radius 2 is 1.84 bits per heavy atom. The molecule has 0 fully saturated rings. The minimum atomic E-state index is -0.376. The molecule has 0 atom stereocenters. The minimum Gasteiger partial charge on any atom is -0.504 e. The SMILES string of the molecule is O=C(Nc1ccc(Cl)c(Cl)c1)c1c(-c2ccncc2)c2oc1cc2O. The topological polar surface area (TPSA) is 75.4 Å². The molecule has 25 heavy (non-hydrogen) atoms. The predicted octanol–water partition coefficient (Wildman–Crippen LogP) is 5.20. The highest BCUT2D eigenvalue weighted by Gasteiger charge is 2.27. The number of nitrogens with zero attached hydrogens (tertiary/aromatic N) is 1. The monoisotopic (exact) mass is 372 g/mol. The fourth-order valence-corrected chi connectivity index (χ4v) is 3.01. The minimum absolute atomic E-state index is 0.00657. The molecule has 7 heteroatoms. The van der Waals surface area contributed by atoms with Crippen LogP contribution in [-0.4, -0.2) is 16.0 Å². The summed E-state index contributed by atoms with van der Waals surface area (Å²) in [6.07, 6.45) is 3.21. The van der Waals surface area contributed by atoms with E-state index in [0.29, 0.717) is 32.4 Å². The number of carbonyl (C=O) groups is 1. The molecule has 0 unspecified atom stereocenters. The van der Waals surface area contributed by atoms with Crippen molar-refractivity contribution in [2.24, 2.45) is 0 Å². The molecule has 4 rings (SSSR count). The number of amides is 1. The van der Waals surface area contributed by atoms with Crippen molar-refractivity contribution in [2.45, 2.75) is 0 Å². The highest BCUT2D eigenvalue weighted by Crippen LogP contribution is 2.43. The van der Waals surface area contributed by atoms with Gasteiger partial charge < -0.3 is 14.8 Å². The molecule has 2 N–H and O–H groups in total. The average molecular weight is 373 g/mol. The van der Waals surface area contributed by atoms with Gasteiger partial charge in [0.25, 0.3) is 5.91 Å². The Bertz CT molecular complexity index is 1080. The summed E-state index contributed by atoms with van der Waals surface area (Å²) in [6.45, 7) is 0. The van der Waals surface area contributed by atoms with Crippen molar-refractivity contribution in [1.29, 1.82) is 0 Å². The maximum Gasteiger partial charge on any atom is 0.260 e. The fourth-order valence-electron chi connectivity index (χ4n) is 2.71. The summed E-state index contributed by atoms with van der Waals surface area (Å²) in [5.74, 6) is -0.383. The van der Waals surface area contributed by atoms with Gasteiger partial charge in [0, 0.05) is 29.7 Å². The Balaban J connectivity index is 1.78. The predicted molar refractivity (Wildman–Crippen MR) is 96.7 cm³/mol. The standard InChI is InChI=1S/C18H10Cl2N2O3/c19-11-2-1-10(7-12(11)20)22-18(24)16-14-8-13(23)17(25-14)15(16)9-3-5-21-6-4-9/h1-8,23H,(H,22,24). The van der Waals surface area contributed by atoms with Crippen molar-refractivity contribution < 1.29 is 14.3 Å². The molecule has 124 valence electrons. The van der Waals surface area contributed by atoms with Gasteiger partial charge in [0.2, 0.25) is 0 Å². The maximum absolute atomic E-state index is 12.8. The first-order valence-electron chi connectivity index (χ1n) is 7.29. The van der Waals surface area contributed by atoms with E-state index in [0.717, 1.165) is 5.56 Å². The average Bonchev–Trinajstić information content (AvgIpc) is 3.16. The first-order valence-corrected chi connectivity index (χ1v) is 8.05. The molecule has 0 saturated heterocycles. The van der Waals surface area contributed by atoms with Gasteiger partial charge in [-0.1, -0.05) is 23.2 Å². The zero-order chi connectivity index (χ0) is 17.6. The highest BCUT2D eigenvalue weighted by molar-refractivity contribution is 6.42. The van der Waals surface area contributed by atoms with Gasteiger partial charge in [0.1, 0.15) is 5.58 Å². The van der Waals surface area contributed by atoms with E-state index in [2.05, 4.69) is 10.3 Å². The van der Waals surface area contributed by atoms with E-state index >= 15 is 0 Å². The van der Waals surface area contributed by atoms with Crippen LogP contribution in [0.25, 0.3) is 22.3 Å². The lowest BCUT2D eigenvalue weighted by atomic mass is 9.99. The van der Waals surface area contributed by atoms with Crippen LogP contribution in [0.5, 0.6) is 5.75 Å². The fraction of sp³-hybridized carbons (Fsp3) is 0. The highest BCUT2D eigenvalue weighted by atomic mass is 35.5. The van der Waals surface area contributed by atoms with Crippen LogP contribution in [-0.2, 0) is 0 Å². The van der Waals surface area contributed by atoms with E-state index in [1.165, 1.54) is 6.07 Å². The Labute approximate surface area is 152 Å². The number of phenolic OH excluding ortho intramolecular Hbond substituents is 1. The molecule has 0 aliphatic carbocycles. The van der Waals surface area contributed by atoms with Crippen LogP contribution in [0.2, 0.25) is 10.0 Å². The summed E-state index contributed by atoms with van der Waals surface area (Å²) in [5.41, 5.74) is 2.65. The third-order valence-electron chi connectivity index (χ3n) is 3.81. The van der Waals surface area contributed by atoms with Gasteiger partial charge in [-0.15, -0.1) is 0 Å². The zero-order valence-corrected chi connectivity index (χ0v) is 14.1. The smallest absolute Gasteiger partial charge is 0.260 e. The molecule has 0 spiro atoms. The van der Waals surface area contributed by atoms with Gasteiger partial charge in [-0.05, 0) is 35.9 Å². The summed E-state index contributed by atoms with van der Waals surface area (Å²) in [7, 11) is 0. The molecular weight excluding hydrogens is 363 g/mol. The molecule has 2 bridgehead atoms. The number of hydrogen-bond donors (Lipinski definition) is 2. The number of pyridine rings is 1. The van der Waals surface area contributed by atoms with Crippen LogP contribution in [0.1, 0.15) is 10.4 Å². The molecule has 5 nitrogen and oxygen atoms in total. The third-order valence-corrected chi connectivity index (χ3v) is 4.55. The Morgan fingerprint density at radius 3 is 2.56 bits per heavy atom. The van der Waals surface area contributed by atoms with E-state index < -0.39 is 0 Å². The van der Waals surface area contributed by atoms with Crippen LogP contribution in [0, 0.1) is 0 Å². The zero-order valence-electron chi connectivity index (χ0n) is 12.6. The van der Waals surface area contributed by atoms with Gasteiger partial charge in [0.15, 0.2) is 11.3 Å². The van der Waals surface area contributed by atoms with Gasteiger partial charge in [0.05, 0.1) is 15.6 Å². The Morgan fingerprint density at radius 1 is 1.08 bits per heavy atom. The summed E-state index contributed by atoms with van der Waals surface area (Å²) >= 11 is 11.9. The van der Waals surface area contributed by atoms with E-state index in [1.807, 2.05) is 0 Å².